The summed E-state index contributed by atoms with van der Waals surface area (Å²) in [5, 5.41) is 5.97. The van der Waals surface area contributed by atoms with Gasteiger partial charge in [-0.25, -0.2) is 4.98 Å². The molecule has 2 N–H and O–H groups in total. The first kappa shape index (κ1) is 28.4. The molecule has 0 aliphatic carbocycles. The summed E-state index contributed by atoms with van der Waals surface area (Å²) in [5.41, 5.74) is 2.07. The minimum absolute atomic E-state index is 0.000505. The molecule has 3 saturated heterocycles. The van der Waals surface area contributed by atoms with Crippen LogP contribution in [0, 0.1) is 0 Å². The van der Waals surface area contributed by atoms with Gasteiger partial charge < -0.3 is 25.2 Å². The molecule has 40 heavy (non-hydrogen) atoms. The molecule has 1 atom stereocenters. The van der Waals surface area contributed by atoms with Crippen molar-refractivity contribution in [1.29, 1.82) is 0 Å². The summed E-state index contributed by atoms with van der Waals surface area (Å²) in [7, 11) is 0. The summed E-state index contributed by atoms with van der Waals surface area (Å²) in [4.78, 5) is 27.0. The molecule has 0 saturated carbocycles. The highest BCUT2D eigenvalue weighted by molar-refractivity contribution is 5.76. The van der Waals surface area contributed by atoms with Crippen LogP contribution in [0.25, 0.3) is 0 Å². The third kappa shape index (κ3) is 6.77. The second-order valence-corrected chi connectivity index (χ2v) is 10.6. The maximum atomic E-state index is 13.7. The Morgan fingerprint density at radius 1 is 1.15 bits per heavy atom. The number of piperazine rings is 1. The van der Waals surface area contributed by atoms with E-state index in [-0.39, 0.29) is 24.2 Å². The van der Waals surface area contributed by atoms with Crippen molar-refractivity contribution in [3.8, 4) is 0 Å². The molecule has 12 heteroatoms. The van der Waals surface area contributed by atoms with Crippen molar-refractivity contribution in [1.82, 2.24) is 19.8 Å². The van der Waals surface area contributed by atoms with Crippen LogP contribution in [-0.4, -0.2) is 90.7 Å². The Labute approximate surface area is 233 Å². The number of fused-ring (bicyclic) bond motifs is 1. The van der Waals surface area contributed by atoms with Gasteiger partial charge in [-0.2, -0.15) is 18.2 Å². The van der Waals surface area contributed by atoms with Crippen LogP contribution in [-0.2, 0) is 22.1 Å². The van der Waals surface area contributed by atoms with Gasteiger partial charge in [-0.1, -0.05) is 6.92 Å². The van der Waals surface area contributed by atoms with Crippen LogP contribution >= 0.6 is 0 Å². The summed E-state index contributed by atoms with van der Waals surface area (Å²) >= 11 is 0. The molecular weight excluding hydrogens is 523 g/mol. The lowest BCUT2D eigenvalue weighted by molar-refractivity contribution is -0.137. The molecule has 4 heterocycles. The summed E-state index contributed by atoms with van der Waals surface area (Å²) in [6, 6.07) is 6.79. The molecule has 9 nitrogen and oxygen atoms in total. The standard InChI is InChI=1S/C28H38F3N7O2/c1-2-20-17-21(38-13-12-36-10-3-5-22(36)19-38)6-7-24(20)34-27-33-18-23(28(29,30)31)26(35-27)32-9-4-11-37-14-16-40-15-8-25(37)39/h6-7,17-18,22H,2-5,8-16,19H2,1H3,(H2,32,33,34,35)/t22-/m1/s1. The van der Waals surface area contributed by atoms with Crippen LogP contribution in [0.5, 0.6) is 0 Å². The van der Waals surface area contributed by atoms with E-state index < -0.39 is 11.7 Å². The number of hydrogen-bond acceptors (Lipinski definition) is 8. The van der Waals surface area contributed by atoms with Crippen LogP contribution in [0.1, 0.15) is 43.7 Å². The van der Waals surface area contributed by atoms with Crippen molar-refractivity contribution in [3.63, 3.8) is 0 Å². The summed E-state index contributed by atoms with van der Waals surface area (Å²) in [5.74, 6) is -0.183. The predicted octanol–water partition coefficient (Wildman–Crippen LogP) is 4.14. The lowest BCUT2D eigenvalue weighted by Gasteiger charge is -2.39. The topological polar surface area (TPSA) is 85.9 Å². The van der Waals surface area contributed by atoms with Gasteiger partial charge in [-0.3, -0.25) is 9.69 Å². The number of ether oxygens (including phenoxy) is 1. The number of benzene rings is 1. The summed E-state index contributed by atoms with van der Waals surface area (Å²) in [6.45, 7) is 8.36. The molecule has 0 unspecified atom stereocenters. The van der Waals surface area contributed by atoms with Gasteiger partial charge in [0, 0.05) is 62.9 Å². The van der Waals surface area contributed by atoms with Crippen LogP contribution in [0.3, 0.4) is 0 Å². The van der Waals surface area contributed by atoms with Gasteiger partial charge in [0.2, 0.25) is 11.9 Å². The van der Waals surface area contributed by atoms with Crippen molar-refractivity contribution in [2.24, 2.45) is 0 Å². The first-order chi connectivity index (χ1) is 19.3. The number of alkyl halides is 3. The Morgan fingerprint density at radius 3 is 2.85 bits per heavy atom. The van der Waals surface area contributed by atoms with Gasteiger partial charge in [0.15, 0.2) is 0 Å². The number of aryl methyl sites for hydroxylation is 1. The summed E-state index contributed by atoms with van der Waals surface area (Å²) < 4.78 is 46.5. The first-order valence-corrected chi connectivity index (χ1v) is 14.2. The Morgan fingerprint density at radius 2 is 2.02 bits per heavy atom. The SMILES string of the molecule is CCc1cc(N2CCN3CCC[C@@H]3C2)ccc1Nc1ncc(C(F)(F)F)c(NCCCN2CCOCCC2=O)n1. The lowest BCUT2D eigenvalue weighted by Crippen LogP contribution is -2.50. The van der Waals surface area contributed by atoms with E-state index in [0.29, 0.717) is 45.2 Å². The molecule has 1 aromatic carbocycles. The van der Waals surface area contributed by atoms with Crippen molar-refractivity contribution in [3.05, 3.63) is 35.5 Å². The van der Waals surface area contributed by atoms with Gasteiger partial charge in [-0.15, -0.1) is 0 Å². The minimum atomic E-state index is -4.60. The van der Waals surface area contributed by atoms with Crippen molar-refractivity contribution >= 4 is 29.0 Å². The molecule has 218 valence electrons. The normalized spacial score (nSPS) is 20.4. The van der Waals surface area contributed by atoms with E-state index in [2.05, 4.69) is 49.5 Å². The zero-order chi connectivity index (χ0) is 28.1. The van der Waals surface area contributed by atoms with E-state index in [9.17, 15) is 18.0 Å². The van der Waals surface area contributed by atoms with Crippen molar-refractivity contribution in [2.45, 2.75) is 51.2 Å². The second kappa shape index (κ2) is 12.6. The smallest absolute Gasteiger partial charge is 0.379 e. The van der Waals surface area contributed by atoms with E-state index in [1.165, 1.54) is 25.1 Å². The van der Waals surface area contributed by atoms with Crippen molar-refractivity contribution < 1.29 is 22.7 Å². The molecule has 3 aliphatic heterocycles. The average molecular weight is 562 g/mol. The predicted molar refractivity (Wildman–Crippen MR) is 148 cm³/mol. The molecular formula is C28H38F3N7O2. The Kier molecular flexibility index (Phi) is 8.94. The highest BCUT2D eigenvalue weighted by atomic mass is 19.4. The van der Waals surface area contributed by atoms with Crippen LogP contribution < -0.4 is 15.5 Å². The van der Waals surface area contributed by atoms with E-state index in [1.807, 2.05) is 6.07 Å². The highest BCUT2D eigenvalue weighted by Crippen LogP contribution is 2.35. The maximum Gasteiger partial charge on any atom is 0.421 e. The quantitative estimate of drug-likeness (QED) is 0.442. The number of anilines is 4. The van der Waals surface area contributed by atoms with E-state index in [4.69, 9.17) is 4.74 Å². The molecule has 1 aromatic heterocycles. The number of rotatable bonds is 9. The minimum Gasteiger partial charge on any atom is -0.379 e. The average Bonchev–Trinajstić information content (AvgIpc) is 3.32. The Bertz CT molecular complexity index is 1180. The molecule has 0 spiro atoms. The molecule has 1 amide bonds. The van der Waals surface area contributed by atoms with E-state index in [1.54, 1.807) is 4.90 Å². The number of amides is 1. The van der Waals surface area contributed by atoms with Crippen LogP contribution in [0.4, 0.5) is 36.3 Å². The van der Waals surface area contributed by atoms with Crippen LogP contribution in [0.2, 0.25) is 0 Å². The monoisotopic (exact) mass is 561 g/mol. The number of hydrogen-bond donors (Lipinski definition) is 2. The van der Waals surface area contributed by atoms with Gasteiger partial charge in [-0.05, 0) is 56.0 Å². The van der Waals surface area contributed by atoms with Gasteiger partial charge >= 0.3 is 6.18 Å². The van der Waals surface area contributed by atoms with Gasteiger partial charge in [0.25, 0.3) is 0 Å². The molecule has 3 fully saturated rings. The number of carbonyl (C=O) groups is 1. The third-order valence-corrected chi connectivity index (χ3v) is 7.98. The summed E-state index contributed by atoms with van der Waals surface area (Å²) in [6.07, 6.45) is 0.276. The van der Waals surface area contributed by atoms with Gasteiger partial charge in [0.05, 0.1) is 19.6 Å². The van der Waals surface area contributed by atoms with Crippen molar-refractivity contribution in [2.75, 3.05) is 74.6 Å². The lowest BCUT2D eigenvalue weighted by atomic mass is 10.1. The van der Waals surface area contributed by atoms with Gasteiger partial charge in [0.1, 0.15) is 11.4 Å². The Balaban J connectivity index is 1.25. The largest absolute Gasteiger partial charge is 0.421 e. The zero-order valence-electron chi connectivity index (χ0n) is 23.0. The molecule has 3 aliphatic rings. The zero-order valence-corrected chi connectivity index (χ0v) is 23.0. The maximum absolute atomic E-state index is 13.7. The third-order valence-electron chi connectivity index (χ3n) is 7.98. The van der Waals surface area contributed by atoms with Crippen LogP contribution in [0.15, 0.2) is 24.4 Å². The van der Waals surface area contributed by atoms with E-state index in [0.717, 1.165) is 43.5 Å². The number of nitrogens with one attached hydrogen (secondary N) is 2. The molecule has 2 aromatic rings. The number of carbonyl (C=O) groups excluding carboxylic acids is 1. The highest BCUT2D eigenvalue weighted by Gasteiger charge is 2.35. The molecule has 5 rings (SSSR count). The molecule has 0 radical (unpaired) electrons. The second-order valence-electron chi connectivity index (χ2n) is 10.6. The molecule has 0 bridgehead atoms. The number of halogens is 3. The number of nitrogens with zero attached hydrogens (tertiary/aromatic N) is 5. The Hall–Kier alpha value is -3.12. The fraction of sp³-hybridized carbons (Fsp3) is 0.607. The fourth-order valence-electron chi connectivity index (χ4n) is 5.75. The first-order valence-electron chi connectivity index (χ1n) is 14.2. The fourth-order valence-corrected chi connectivity index (χ4v) is 5.75. The van der Waals surface area contributed by atoms with E-state index >= 15 is 0 Å². The number of aromatic nitrogens is 2.